The van der Waals surface area contributed by atoms with E-state index >= 15 is 0 Å². The summed E-state index contributed by atoms with van der Waals surface area (Å²) in [6.45, 7) is 4.28. The Hall–Kier alpha value is -0.160. The van der Waals surface area contributed by atoms with Gasteiger partial charge in [-0.05, 0) is 82.6 Å². The Balaban J connectivity index is 1.27. The zero-order valence-corrected chi connectivity index (χ0v) is 17.7. The summed E-state index contributed by atoms with van der Waals surface area (Å²) in [5.74, 6) is 2.93. The first-order valence-corrected chi connectivity index (χ1v) is 12.1. The van der Waals surface area contributed by atoms with Crippen LogP contribution in [-0.2, 0) is 0 Å². The molecule has 4 fully saturated rings. The number of nitrogens with two attached hydrogens (primary N) is 1. The van der Waals surface area contributed by atoms with Crippen LogP contribution in [0.25, 0.3) is 0 Å². The average Bonchev–Trinajstić information content (AvgIpc) is 3.12. The molecule has 3 atom stereocenters. The van der Waals surface area contributed by atoms with Gasteiger partial charge in [0.05, 0.1) is 0 Å². The van der Waals surface area contributed by atoms with Crippen molar-refractivity contribution >= 4 is 0 Å². The van der Waals surface area contributed by atoms with Crippen LogP contribution in [0.2, 0.25) is 0 Å². The topological polar surface area (TPSA) is 44.5 Å². The van der Waals surface area contributed by atoms with Gasteiger partial charge < -0.3 is 10.6 Å². The van der Waals surface area contributed by atoms with Gasteiger partial charge in [0, 0.05) is 44.4 Å². The van der Waals surface area contributed by atoms with Crippen LogP contribution >= 0.6 is 0 Å². The van der Waals surface area contributed by atoms with Crippen LogP contribution in [0.3, 0.4) is 0 Å². The van der Waals surface area contributed by atoms with Crippen molar-refractivity contribution in [3.63, 3.8) is 0 Å². The standard InChI is InChI=1S/C23H44N4/c1-26(14-13-24)16-18-7-9-19(10-8-18)20-11-12-22-23(15-20)27(17-25-22)21-5-3-2-4-6-21/h18-23,25H,2-17,24H2,1H3. The number of hydrogen-bond acceptors (Lipinski definition) is 4. The quantitative estimate of drug-likeness (QED) is 0.746. The van der Waals surface area contributed by atoms with Crippen molar-refractivity contribution in [2.45, 2.75) is 95.2 Å². The normalized spacial score (nSPS) is 39.0. The number of fused-ring (bicyclic) bond motifs is 1. The van der Waals surface area contributed by atoms with Gasteiger partial charge in [-0.15, -0.1) is 0 Å². The lowest BCUT2D eigenvalue weighted by Crippen LogP contribution is -2.47. The lowest BCUT2D eigenvalue weighted by Gasteiger charge is -2.43. The van der Waals surface area contributed by atoms with Crippen molar-refractivity contribution in [1.82, 2.24) is 15.1 Å². The molecule has 1 aliphatic heterocycles. The van der Waals surface area contributed by atoms with Crippen LogP contribution in [0.15, 0.2) is 0 Å². The third kappa shape index (κ3) is 4.88. The Morgan fingerprint density at radius 1 is 0.926 bits per heavy atom. The number of nitrogens with zero attached hydrogens (tertiary/aromatic N) is 2. The first-order chi connectivity index (χ1) is 13.2. The molecule has 3 N–H and O–H groups in total. The molecule has 27 heavy (non-hydrogen) atoms. The number of hydrogen-bond donors (Lipinski definition) is 2. The van der Waals surface area contributed by atoms with Gasteiger partial charge in [-0.1, -0.05) is 19.3 Å². The van der Waals surface area contributed by atoms with E-state index in [2.05, 4.69) is 22.2 Å². The minimum Gasteiger partial charge on any atom is -0.329 e. The smallest absolute Gasteiger partial charge is 0.0489 e. The van der Waals surface area contributed by atoms with Crippen LogP contribution in [-0.4, -0.2) is 61.3 Å². The molecule has 4 rings (SSSR count). The van der Waals surface area contributed by atoms with Gasteiger partial charge in [0.2, 0.25) is 0 Å². The molecule has 4 nitrogen and oxygen atoms in total. The highest BCUT2D eigenvalue weighted by Crippen LogP contribution is 2.43. The third-order valence-electron chi connectivity index (χ3n) is 8.50. The molecule has 1 heterocycles. The van der Waals surface area contributed by atoms with Gasteiger partial charge in [-0.3, -0.25) is 10.2 Å². The molecule has 0 aromatic heterocycles. The summed E-state index contributed by atoms with van der Waals surface area (Å²) < 4.78 is 0. The van der Waals surface area contributed by atoms with Gasteiger partial charge in [0.25, 0.3) is 0 Å². The maximum absolute atomic E-state index is 5.71. The molecule has 4 aliphatic rings. The molecule has 1 saturated heterocycles. The third-order valence-corrected chi connectivity index (χ3v) is 8.50. The van der Waals surface area contributed by atoms with Crippen molar-refractivity contribution in [3.05, 3.63) is 0 Å². The Bertz CT molecular complexity index is 442. The van der Waals surface area contributed by atoms with E-state index in [-0.39, 0.29) is 0 Å². The predicted octanol–water partition coefficient (Wildman–Crippen LogP) is 3.42. The van der Waals surface area contributed by atoms with E-state index in [1.807, 2.05) is 0 Å². The lowest BCUT2D eigenvalue weighted by atomic mass is 9.69. The van der Waals surface area contributed by atoms with Crippen LogP contribution in [0, 0.1) is 17.8 Å². The number of nitrogens with one attached hydrogen (secondary N) is 1. The van der Waals surface area contributed by atoms with Gasteiger partial charge in [-0.2, -0.15) is 0 Å². The molecule has 0 radical (unpaired) electrons. The van der Waals surface area contributed by atoms with Gasteiger partial charge >= 0.3 is 0 Å². The molecule has 0 aromatic carbocycles. The minimum absolute atomic E-state index is 0.794. The summed E-state index contributed by atoms with van der Waals surface area (Å²) in [5.41, 5.74) is 5.71. The molecular formula is C23H44N4. The van der Waals surface area contributed by atoms with Gasteiger partial charge in [0.15, 0.2) is 0 Å². The van der Waals surface area contributed by atoms with Crippen LogP contribution in [0.1, 0.15) is 77.0 Å². The fraction of sp³-hybridized carbons (Fsp3) is 1.00. The molecule has 156 valence electrons. The Morgan fingerprint density at radius 2 is 1.67 bits per heavy atom. The monoisotopic (exact) mass is 376 g/mol. The fourth-order valence-electron chi connectivity index (χ4n) is 6.96. The van der Waals surface area contributed by atoms with Gasteiger partial charge in [0.1, 0.15) is 0 Å². The fourth-order valence-corrected chi connectivity index (χ4v) is 6.96. The van der Waals surface area contributed by atoms with Crippen molar-refractivity contribution < 1.29 is 0 Å². The molecule has 0 spiro atoms. The van der Waals surface area contributed by atoms with Crippen LogP contribution < -0.4 is 11.1 Å². The SMILES string of the molecule is CN(CCN)CC1CCC(C2CCC3NCN(C4CCCCC4)C3C2)CC1. The number of rotatable bonds is 6. The van der Waals surface area contributed by atoms with Crippen molar-refractivity contribution in [1.29, 1.82) is 0 Å². The summed E-state index contributed by atoms with van der Waals surface area (Å²) in [7, 11) is 2.24. The molecule has 0 aromatic rings. The Morgan fingerprint density at radius 3 is 2.41 bits per heavy atom. The van der Waals surface area contributed by atoms with Crippen LogP contribution in [0.5, 0.6) is 0 Å². The second-order valence-corrected chi connectivity index (χ2v) is 10.2. The lowest BCUT2D eigenvalue weighted by molar-refractivity contribution is 0.0733. The summed E-state index contributed by atoms with van der Waals surface area (Å²) in [5, 5.41) is 3.88. The Kier molecular flexibility index (Phi) is 7.13. The summed E-state index contributed by atoms with van der Waals surface area (Å²) in [4.78, 5) is 5.35. The summed E-state index contributed by atoms with van der Waals surface area (Å²) >= 11 is 0. The molecule has 3 unspecified atom stereocenters. The first kappa shape index (κ1) is 20.1. The maximum atomic E-state index is 5.71. The van der Waals surface area contributed by atoms with E-state index in [1.165, 1.54) is 90.3 Å². The molecule has 0 bridgehead atoms. The van der Waals surface area contributed by atoms with E-state index < -0.39 is 0 Å². The molecular weight excluding hydrogens is 332 g/mol. The van der Waals surface area contributed by atoms with Crippen LogP contribution in [0.4, 0.5) is 0 Å². The highest BCUT2D eigenvalue weighted by molar-refractivity contribution is 4.99. The first-order valence-electron chi connectivity index (χ1n) is 12.1. The average molecular weight is 377 g/mol. The molecule has 3 saturated carbocycles. The largest absolute Gasteiger partial charge is 0.329 e. The summed E-state index contributed by atoms with van der Waals surface area (Å²) in [6.07, 6.45) is 17.6. The van der Waals surface area contributed by atoms with Crippen molar-refractivity contribution in [2.75, 3.05) is 33.4 Å². The van der Waals surface area contributed by atoms with E-state index in [4.69, 9.17) is 5.73 Å². The van der Waals surface area contributed by atoms with Gasteiger partial charge in [-0.25, -0.2) is 0 Å². The van der Waals surface area contributed by atoms with E-state index in [9.17, 15) is 0 Å². The molecule has 0 amide bonds. The van der Waals surface area contributed by atoms with E-state index in [0.29, 0.717) is 0 Å². The number of likely N-dealkylation sites (N-methyl/N-ethyl adjacent to an activating group) is 1. The highest BCUT2D eigenvalue weighted by Gasteiger charge is 2.43. The zero-order chi connectivity index (χ0) is 18.6. The highest BCUT2D eigenvalue weighted by atomic mass is 15.3. The summed E-state index contributed by atoms with van der Waals surface area (Å²) in [6, 6.07) is 2.53. The second kappa shape index (κ2) is 9.56. The Labute approximate surface area is 167 Å². The van der Waals surface area contributed by atoms with E-state index in [0.717, 1.165) is 49.0 Å². The second-order valence-electron chi connectivity index (χ2n) is 10.2. The molecule has 4 heteroatoms. The van der Waals surface area contributed by atoms with E-state index in [1.54, 1.807) is 0 Å². The van der Waals surface area contributed by atoms with Crippen molar-refractivity contribution in [2.24, 2.45) is 23.5 Å². The maximum Gasteiger partial charge on any atom is 0.0489 e. The minimum atomic E-state index is 0.794. The molecule has 3 aliphatic carbocycles. The van der Waals surface area contributed by atoms with Crippen molar-refractivity contribution in [3.8, 4) is 0 Å². The predicted molar refractivity (Wildman–Crippen MR) is 114 cm³/mol. The zero-order valence-electron chi connectivity index (χ0n) is 17.7.